The lowest BCUT2D eigenvalue weighted by Crippen LogP contribution is -2.07. The Morgan fingerprint density at radius 1 is 1.43 bits per heavy atom. The van der Waals surface area contributed by atoms with E-state index in [1.165, 1.54) is 0 Å². The van der Waals surface area contributed by atoms with Crippen molar-refractivity contribution in [1.29, 1.82) is 0 Å². The molecule has 0 amide bonds. The van der Waals surface area contributed by atoms with Gasteiger partial charge in [0.1, 0.15) is 5.52 Å². The number of aromatic nitrogens is 3. The molecule has 14 heavy (non-hydrogen) atoms. The molecule has 2 aromatic heterocycles. The number of aryl methyl sites for hydroxylation is 1. The van der Waals surface area contributed by atoms with E-state index < -0.39 is 0 Å². The van der Waals surface area contributed by atoms with Gasteiger partial charge in [0.2, 0.25) is 5.88 Å². The van der Waals surface area contributed by atoms with Gasteiger partial charge in [0, 0.05) is 13.1 Å². The van der Waals surface area contributed by atoms with Gasteiger partial charge in [-0.05, 0) is 19.9 Å². The predicted molar refractivity (Wildman–Crippen MR) is 53.1 cm³/mol. The molecule has 0 aliphatic heterocycles. The topological polar surface area (TPSA) is 39.9 Å². The van der Waals surface area contributed by atoms with Crippen LogP contribution >= 0.6 is 0 Å². The molecule has 0 unspecified atom stereocenters. The zero-order valence-corrected chi connectivity index (χ0v) is 8.48. The molecule has 73 valence electrons. The van der Waals surface area contributed by atoms with E-state index in [1.54, 1.807) is 4.57 Å². The SMILES string of the molecule is CC(C)Oc1ccc2n[c]n(C)c2n1. The molecule has 1 radical (unpaired) electrons. The summed E-state index contributed by atoms with van der Waals surface area (Å²) in [7, 11) is 1.86. The van der Waals surface area contributed by atoms with Crippen molar-refractivity contribution < 1.29 is 4.74 Å². The van der Waals surface area contributed by atoms with Crippen molar-refractivity contribution >= 4 is 11.2 Å². The molecule has 0 N–H and O–H groups in total. The first-order valence-corrected chi connectivity index (χ1v) is 4.54. The predicted octanol–water partition coefficient (Wildman–Crippen LogP) is 1.56. The second-order valence-corrected chi connectivity index (χ2v) is 3.43. The van der Waals surface area contributed by atoms with E-state index in [4.69, 9.17) is 4.74 Å². The highest BCUT2D eigenvalue weighted by Gasteiger charge is 2.04. The van der Waals surface area contributed by atoms with Gasteiger partial charge in [-0.25, -0.2) is 4.98 Å². The van der Waals surface area contributed by atoms with Crippen LogP contribution < -0.4 is 4.74 Å². The van der Waals surface area contributed by atoms with Crippen LogP contribution in [-0.2, 0) is 7.05 Å². The lowest BCUT2D eigenvalue weighted by molar-refractivity contribution is 0.233. The number of rotatable bonds is 2. The van der Waals surface area contributed by atoms with Crippen LogP contribution in [0.25, 0.3) is 11.2 Å². The molecular weight excluding hydrogens is 178 g/mol. The number of hydrogen-bond donors (Lipinski definition) is 0. The fourth-order valence-corrected chi connectivity index (χ4v) is 1.24. The summed E-state index contributed by atoms with van der Waals surface area (Å²) in [5.74, 6) is 0.629. The van der Waals surface area contributed by atoms with Crippen molar-refractivity contribution in [2.75, 3.05) is 0 Å². The smallest absolute Gasteiger partial charge is 0.215 e. The number of pyridine rings is 1. The minimum absolute atomic E-state index is 0.136. The summed E-state index contributed by atoms with van der Waals surface area (Å²) in [6, 6.07) is 3.71. The summed E-state index contributed by atoms with van der Waals surface area (Å²) >= 11 is 0. The van der Waals surface area contributed by atoms with Crippen molar-refractivity contribution in [2.24, 2.45) is 7.05 Å². The van der Waals surface area contributed by atoms with Gasteiger partial charge in [0.05, 0.1) is 6.10 Å². The lowest BCUT2D eigenvalue weighted by atomic mass is 10.4. The number of imidazole rings is 1. The Balaban J connectivity index is 2.44. The van der Waals surface area contributed by atoms with Gasteiger partial charge in [-0.2, -0.15) is 4.98 Å². The van der Waals surface area contributed by atoms with Gasteiger partial charge in [-0.1, -0.05) is 0 Å². The van der Waals surface area contributed by atoms with Gasteiger partial charge in [-0.3, -0.25) is 0 Å². The van der Waals surface area contributed by atoms with Gasteiger partial charge in [-0.15, -0.1) is 0 Å². The van der Waals surface area contributed by atoms with Gasteiger partial charge >= 0.3 is 0 Å². The average molecular weight is 190 g/mol. The van der Waals surface area contributed by atoms with E-state index in [-0.39, 0.29) is 6.10 Å². The van der Waals surface area contributed by atoms with Crippen LogP contribution in [0, 0.1) is 6.33 Å². The Hall–Kier alpha value is -1.58. The summed E-state index contributed by atoms with van der Waals surface area (Å²) < 4.78 is 7.23. The number of ether oxygens (including phenoxy) is 1. The molecule has 2 aromatic rings. The monoisotopic (exact) mass is 190 g/mol. The van der Waals surface area contributed by atoms with Crippen molar-refractivity contribution in [3.63, 3.8) is 0 Å². The fourth-order valence-electron chi connectivity index (χ4n) is 1.24. The summed E-state index contributed by atoms with van der Waals surface area (Å²) in [5.41, 5.74) is 1.63. The van der Waals surface area contributed by atoms with Crippen LogP contribution in [0.5, 0.6) is 5.88 Å². The van der Waals surface area contributed by atoms with Gasteiger partial charge in [0.25, 0.3) is 0 Å². The maximum atomic E-state index is 5.48. The Kier molecular flexibility index (Phi) is 2.11. The van der Waals surface area contributed by atoms with Crippen LogP contribution in [-0.4, -0.2) is 20.6 Å². The molecule has 0 spiro atoms. The number of hydrogen-bond acceptors (Lipinski definition) is 3. The molecule has 2 heterocycles. The van der Waals surface area contributed by atoms with Crippen molar-refractivity contribution in [3.05, 3.63) is 18.5 Å². The maximum Gasteiger partial charge on any atom is 0.215 e. The van der Waals surface area contributed by atoms with E-state index in [2.05, 4.69) is 16.3 Å². The first-order valence-electron chi connectivity index (χ1n) is 4.54. The molecule has 4 heteroatoms. The average Bonchev–Trinajstić information content (AvgIpc) is 2.47. The number of nitrogens with zero attached hydrogens (tertiary/aromatic N) is 3. The summed E-state index contributed by atoms with van der Waals surface area (Å²) in [6.07, 6.45) is 2.94. The van der Waals surface area contributed by atoms with Gasteiger partial charge < -0.3 is 9.30 Å². The van der Waals surface area contributed by atoms with Crippen molar-refractivity contribution in [2.45, 2.75) is 20.0 Å². The van der Waals surface area contributed by atoms with E-state index in [9.17, 15) is 0 Å². The minimum atomic E-state index is 0.136. The lowest BCUT2D eigenvalue weighted by Gasteiger charge is -2.07. The number of fused-ring (bicyclic) bond motifs is 1. The molecule has 4 nitrogen and oxygen atoms in total. The van der Waals surface area contributed by atoms with E-state index in [1.807, 2.05) is 33.0 Å². The first-order chi connectivity index (χ1) is 6.66. The molecule has 0 atom stereocenters. The quantitative estimate of drug-likeness (QED) is 0.721. The maximum absolute atomic E-state index is 5.48. The Morgan fingerprint density at radius 3 is 2.93 bits per heavy atom. The first kappa shape index (κ1) is 8.99. The zero-order valence-electron chi connectivity index (χ0n) is 8.48. The van der Waals surface area contributed by atoms with Crippen LogP contribution in [0.4, 0.5) is 0 Å². The van der Waals surface area contributed by atoms with Crippen molar-refractivity contribution in [1.82, 2.24) is 14.5 Å². The van der Waals surface area contributed by atoms with Crippen molar-refractivity contribution in [3.8, 4) is 5.88 Å². The summed E-state index contributed by atoms with van der Waals surface area (Å²) in [6.45, 7) is 3.95. The second kappa shape index (κ2) is 3.29. The fraction of sp³-hybridized carbons (Fsp3) is 0.400. The highest BCUT2D eigenvalue weighted by atomic mass is 16.5. The van der Waals surface area contributed by atoms with Gasteiger partial charge in [0.15, 0.2) is 12.0 Å². The molecule has 0 aromatic carbocycles. The van der Waals surface area contributed by atoms with E-state index in [0.29, 0.717) is 5.88 Å². The van der Waals surface area contributed by atoms with E-state index in [0.717, 1.165) is 11.2 Å². The normalized spacial score (nSPS) is 11.1. The minimum Gasteiger partial charge on any atom is -0.475 e. The van der Waals surface area contributed by atoms with Crippen LogP contribution in [0.2, 0.25) is 0 Å². The van der Waals surface area contributed by atoms with E-state index >= 15 is 0 Å². The third-order valence-electron chi connectivity index (χ3n) is 1.82. The largest absolute Gasteiger partial charge is 0.475 e. The second-order valence-electron chi connectivity index (χ2n) is 3.43. The van der Waals surface area contributed by atoms with Crippen LogP contribution in [0.1, 0.15) is 13.8 Å². The highest BCUT2D eigenvalue weighted by Crippen LogP contribution is 2.15. The third kappa shape index (κ3) is 1.55. The summed E-state index contributed by atoms with van der Waals surface area (Å²) in [5, 5.41) is 0. The molecule has 0 fully saturated rings. The highest BCUT2D eigenvalue weighted by molar-refractivity contribution is 5.70. The molecule has 2 rings (SSSR count). The summed E-state index contributed by atoms with van der Waals surface area (Å²) in [4.78, 5) is 8.38. The molecular formula is C10H12N3O. The van der Waals surface area contributed by atoms with Crippen LogP contribution in [0.15, 0.2) is 12.1 Å². The van der Waals surface area contributed by atoms with Crippen LogP contribution in [0.3, 0.4) is 0 Å². The molecule has 0 aliphatic carbocycles. The molecule has 0 aliphatic rings. The molecule has 0 bridgehead atoms. The standard InChI is InChI=1S/C10H12N3O/c1-7(2)14-9-5-4-8-10(12-9)13(3)6-11-8/h4-5,7H,1-3H3. The Labute approximate surface area is 82.5 Å². The Bertz CT molecular complexity index is 448. The molecule has 0 saturated heterocycles. The zero-order chi connectivity index (χ0) is 10.1. The third-order valence-corrected chi connectivity index (χ3v) is 1.82. The molecule has 0 saturated carbocycles. The Morgan fingerprint density at radius 2 is 2.21 bits per heavy atom.